The molecule has 0 amide bonds. The molecule has 0 atom stereocenters. The number of carbonyl (C=O) groups is 1. The van der Waals surface area contributed by atoms with E-state index in [2.05, 4.69) is 11.6 Å². The number of carbonyl (C=O) groups excluding carboxylic acids is 1. The molecule has 9 heteroatoms. The minimum absolute atomic E-state index is 0.0236. The van der Waals surface area contributed by atoms with Gasteiger partial charge in [-0.25, -0.2) is 9.78 Å². The SMILES string of the molecule is C=CCn1c(SCC(=O)c2c(N)n(CCC)c(=O)n(C)c2=O)nc2ccccc21. The van der Waals surface area contributed by atoms with E-state index in [0.717, 1.165) is 15.6 Å². The molecule has 2 heterocycles. The number of hydrogen-bond donors (Lipinski definition) is 1. The van der Waals surface area contributed by atoms with Crippen LogP contribution in [0, 0.1) is 0 Å². The second-order valence-corrected chi connectivity index (χ2v) is 7.50. The quantitative estimate of drug-likeness (QED) is 0.344. The van der Waals surface area contributed by atoms with Crippen LogP contribution in [0.2, 0.25) is 0 Å². The fourth-order valence-corrected chi connectivity index (χ4v) is 4.05. The number of thioether (sulfide) groups is 1. The number of ketones is 1. The van der Waals surface area contributed by atoms with Crippen LogP contribution >= 0.6 is 11.8 Å². The molecular formula is C20H23N5O3S. The molecule has 2 N–H and O–H groups in total. The molecule has 0 bridgehead atoms. The summed E-state index contributed by atoms with van der Waals surface area (Å²) in [6.45, 7) is 6.54. The average molecular weight is 414 g/mol. The van der Waals surface area contributed by atoms with Crippen molar-refractivity contribution in [2.75, 3.05) is 11.5 Å². The van der Waals surface area contributed by atoms with Crippen molar-refractivity contribution in [2.24, 2.45) is 7.05 Å². The maximum atomic E-state index is 12.9. The number of aromatic nitrogens is 4. The molecule has 3 aromatic rings. The highest BCUT2D eigenvalue weighted by molar-refractivity contribution is 7.99. The number of Topliss-reactive ketones (excluding diaryl/α,β-unsaturated/α-hetero) is 1. The Kier molecular flexibility index (Phi) is 6.07. The Hall–Kier alpha value is -3.07. The molecule has 0 saturated heterocycles. The number of nitrogens with two attached hydrogens (primary N) is 1. The molecule has 0 saturated carbocycles. The minimum atomic E-state index is -0.676. The second-order valence-electron chi connectivity index (χ2n) is 6.55. The molecule has 0 aliphatic carbocycles. The summed E-state index contributed by atoms with van der Waals surface area (Å²) < 4.78 is 4.16. The van der Waals surface area contributed by atoms with Crippen molar-refractivity contribution in [1.29, 1.82) is 0 Å². The van der Waals surface area contributed by atoms with Crippen LogP contribution in [0.3, 0.4) is 0 Å². The smallest absolute Gasteiger partial charge is 0.332 e. The topological polar surface area (TPSA) is 105 Å². The predicted octanol–water partition coefficient (Wildman–Crippen LogP) is 2.05. The maximum absolute atomic E-state index is 12.9. The summed E-state index contributed by atoms with van der Waals surface area (Å²) in [6, 6.07) is 7.67. The van der Waals surface area contributed by atoms with Gasteiger partial charge >= 0.3 is 5.69 Å². The van der Waals surface area contributed by atoms with Gasteiger partial charge in [0, 0.05) is 20.1 Å². The zero-order valence-electron chi connectivity index (χ0n) is 16.4. The Morgan fingerprint density at radius 1 is 1.28 bits per heavy atom. The van der Waals surface area contributed by atoms with E-state index in [4.69, 9.17) is 5.73 Å². The Morgan fingerprint density at radius 2 is 2.00 bits per heavy atom. The zero-order chi connectivity index (χ0) is 21.1. The number of rotatable bonds is 8. The molecule has 3 rings (SSSR count). The van der Waals surface area contributed by atoms with Gasteiger partial charge in [-0.05, 0) is 18.6 Å². The number of anilines is 1. The van der Waals surface area contributed by atoms with E-state index >= 15 is 0 Å². The predicted molar refractivity (Wildman–Crippen MR) is 116 cm³/mol. The molecular weight excluding hydrogens is 390 g/mol. The fraction of sp³-hybridized carbons (Fsp3) is 0.300. The lowest BCUT2D eigenvalue weighted by Crippen LogP contribution is -2.42. The molecule has 8 nitrogen and oxygen atoms in total. The zero-order valence-corrected chi connectivity index (χ0v) is 17.2. The maximum Gasteiger partial charge on any atom is 0.332 e. The Morgan fingerprint density at radius 3 is 2.69 bits per heavy atom. The summed E-state index contributed by atoms with van der Waals surface area (Å²) in [5.41, 5.74) is 6.44. The third-order valence-electron chi connectivity index (χ3n) is 4.57. The summed E-state index contributed by atoms with van der Waals surface area (Å²) in [4.78, 5) is 42.3. The van der Waals surface area contributed by atoms with Crippen molar-refractivity contribution in [3.63, 3.8) is 0 Å². The molecule has 0 aliphatic heterocycles. The highest BCUT2D eigenvalue weighted by Gasteiger charge is 2.22. The second kappa shape index (κ2) is 8.52. The van der Waals surface area contributed by atoms with Crippen LogP contribution in [0.5, 0.6) is 0 Å². The van der Waals surface area contributed by atoms with Crippen molar-refractivity contribution in [3.8, 4) is 0 Å². The van der Waals surface area contributed by atoms with Crippen molar-refractivity contribution >= 4 is 34.4 Å². The number of fused-ring (bicyclic) bond motifs is 1. The summed E-state index contributed by atoms with van der Waals surface area (Å²) in [7, 11) is 1.35. The van der Waals surface area contributed by atoms with E-state index < -0.39 is 17.0 Å². The number of nitrogens with zero attached hydrogens (tertiary/aromatic N) is 4. The normalized spacial score (nSPS) is 11.1. The van der Waals surface area contributed by atoms with E-state index in [1.165, 1.54) is 23.4 Å². The summed E-state index contributed by atoms with van der Waals surface area (Å²) in [5, 5.41) is 0.650. The first kappa shape index (κ1) is 20.7. The molecule has 29 heavy (non-hydrogen) atoms. The van der Waals surface area contributed by atoms with E-state index in [1.54, 1.807) is 6.08 Å². The van der Waals surface area contributed by atoms with Crippen LogP contribution in [0.4, 0.5) is 5.82 Å². The van der Waals surface area contributed by atoms with Gasteiger partial charge in [0.2, 0.25) is 0 Å². The highest BCUT2D eigenvalue weighted by Crippen LogP contribution is 2.25. The van der Waals surface area contributed by atoms with Gasteiger partial charge < -0.3 is 10.3 Å². The van der Waals surface area contributed by atoms with E-state index in [0.29, 0.717) is 24.7 Å². The van der Waals surface area contributed by atoms with E-state index in [9.17, 15) is 14.4 Å². The van der Waals surface area contributed by atoms with Gasteiger partial charge in [0.15, 0.2) is 10.9 Å². The summed E-state index contributed by atoms with van der Waals surface area (Å²) in [6.07, 6.45) is 2.41. The van der Waals surface area contributed by atoms with Crippen molar-refractivity contribution in [1.82, 2.24) is 18.7 Å². The van der Waals surface area contributed by atoms with Crippen molar-refractivity contribution in [3.05, 3.63) is 63.3 Å². The largest absolute Gasteiger partial charge is 0.384 e. The van der Waals surface area contributed by atoms with Crippen LogP contribution in [0.1, 0.15) is 23.7 Å². The molecule has 0 spiro atoms. The van der Waals surface area contributed by atoms with Crippen molar-refractivity contribution < 1.29 is 4.79 Å². The van der Waals surface area contributed by atoms with Crippen LogP contribution in [0.25, 0.3) is 11.0 Å². The third-order valence-corrected chi connectivity index (χ3v) is 5.55. The number of benzene rings is 1. The van der Waals surface area contributed by atoms with Crippen LogP contribution < -0.4 is 17.0 Å². The Bertz CT molecular complexity index is 1210. The lowest BCUT2D eigenvalue weighted by molar-refractivity contribution is 0.102. The monoisotopic (exact) mass is 413 g/mol. The first-order valence-electron chi connectivity index (χ1n) is 9.22. The fourth-order valence-electron chi connectivity index (χ4n) is 3.16. The number of para-hydroxylation sites is 2. The standard InChI is InChI=1S/C20H23N5O3S/c1-4-10-24-14-9-7-6-8-13(14)22-19(24)29-12-15(26)16-17(21)25(11-5-2)20(28)23(3)18(16)27/h4,6-9H,1,5,10-12,21H2,2-3H3. The molecule has 0 radical (unpaired) electrons. The molecule has 0 fully saturated rings. The number of imidazole rings is 1. The van der Waals surface area contributed by atoms with Gasteiger partial charge in [-0.2, -0.15) is 0 Å². The van der Waals surface area contributed by atoms with Gasteiger partial charge in [-0.1, -0.05) is 36.9 Å². The van der Waals surface area contributed by atoms with E-state index in [-0.39, 0.29) is 17.1 Å². The average Bonchev–Trinajstić information content (AvgIpc) is 3.06. The van der Waals surface area contributed by atoms with Crippen LogP contribution in [0.15, 0.2) is 51.7 Å². The molecule has 2 aromatic heterocycles. The van der Waals surface area contributed by atoms with Gasteiger partial charge in [-0.15, -0.1) is 6.58 Å². The van der Waals surface area contributed by atoms with Crippen molar-refractivity contribution in [2.45, 2.75) is 31.6 Å². The molecule has 1 aromatic carbocycles. The highest BCUT2D eigenvalue weighted by atomic mass is 32.2. The van der Waals surface area contributed by atoms with Crippen LogP contribution in [-0.2, 0) is 20.1 Å². The van der Waals surface area contributed by atoms with E-state index in [1.807, 2.05) is 35.8 Å². The minimum Gasteiger partial charge on any atom is -0.384 e. The number of allylic oxidation sites excluding steroid dienone is 1. The summed E-state index contributed by atoms with van der Waals surface area (Å²) >= 11 is 1.23. The van der Waals surface area contributed by atoms with Gasteiger partial charge in [0.25, 0.3) is 5.56 Å². The third kappa shape index (κ3) is 3.77. The lowest BCUT2D eigenvalue weighted by atomic mass is 10.2. The molecule has 152 valence electrons. The Labute approximate surface area is 171 Å². The first-order valence-corrected chi connectivity index (χ1v) is 10.2. The number of hydrogen-bond acceptors (Lipinski definition) is 6. The molecule has 0 unspecified atom stereocenters. The van der Waals surface area contributed by atoms with Gasteiger partial charge in [0.1, 0.15) is 11.4 Å². The summed E-state index contributed by atoms with van der Waals surface area (Å²) in [5.74, 6) is -0.537. The molecule has 0 aliphatic rings. The Balaban J connectivity index is 1.96. The number of nitrogen functional groups attached to an aromatic ring is 1. The van der Waals surface area contributed by atoms with Gasteiger partial charge in [0.05, 0.1) is 16.8 Å². The lowest BCUT2D eigenvalue weighted by Gasteiger charge is -2.13. The van der Waals surface area contributed by atoms with Crippen LogP contribution in [-0.4, -0.2) is 30.2 Å². The first-order chi connectivity index (χ1) is 13.9. The van der Waals surface area contributed by atoms with Gasteiger partial charge in [-0.3, -0.25) is 18.7 Å².